The summed E-state index contributed by atoms with van der Waals surface area (Å²) in [6.07, 6.45) is 9.59. The van der Waals surface area contributed by atoms with E-state index in [-0.39, 0.29) is 23.8 Å². The number of aliphatic hydroxyl groups is 1. The molecule has 0 aromatic heterocycles. The van der Waals surface area contributed by atoms with E-state index in [9.17, 15) is 9.90 Å². The number of unbranched alkanes of at least 4 members (excludes halogenated alkanes) is 1. The topological polar surface area (TPSA) is 49.3 Å². The number of amides is 1. The van der Waals surface area contributed by atoms with Gasteiger partial charge in [0, 0.05) is 12.5 Å². The molecule has 3 unspecified atom stereocenters. The van der Waals surface area contributed by atoms with Crippen LogP contribution in [0.4, 0.5) is 0 Å². The minimum atomic E-state index is -0.281. The Morgan fingerprint density at radius 3 is 2.35 bits per heavy atom. The maximum Gasteiger partial charge on any atom is 0.223 e. The van der Waals surface area contributed by atoms with Crippen molar-refractivity contribution in [3.8, 4) is 0 Å². The molecule has 3 nitrogen and oxygen atoms in total. The van der Waals surface area contributed by atoms with Crippen molar-refractivity contribution in [2.75, 3.05) is 6.54 Å². The first-order valence-corrected chi connectivity index (χ1v) is 9.96. The second-order valence-corrected chi connectivity index (χ2v) is 7.77. The Bertz CT molecular complexity index is 324. The van der Waals surface area contributed by atoms with E-state index in [4.69, 9.17) is 0 Å². The lowest BCUT2D eigenvalue weighted by Gasteiger charge is -2.38. The minimum Gasteiger partial charge on any atom is -0.393 e. The summed E-state index contributed by atoms with van der Waals surface area (Å²) in [6.45, 7) is 9.39. The van der Waals surface area contributed by atoms with Gasteiger partial charge in [-0.25, -0.2) is 0 Å². The van der Waals surface area contributed by atoms with Crippen LogP contribution in [-0.2, 0) is 4.79 Å². The fourth-order valence-electron chi connectivity index (χ4n) is 4.07. The van der Waals surface area contributed by atoms with E-state index in [1.54, 1.807) is 0 Å². The Morgan fingerprint density at radius 2 is 1.83 bits per heavy atom. The van der Waals surface area contributed by atoms with Gasteiger partial charge < -0.3 is 10.4 Å². The van der Waals surface area contributed by atoms with Gasteiger partial charge in [0.05, 0.1) is 6.10 Å². The summed E-state index contributed by atoms with van der Waals surface area (Å²) in [5.41, 5.74) is 0. The molecule has 0 aromatic rings. The van der Waals surface area contributed by atoms with E-state index in [0.717, 1.165) is 32.2 Å². The SMILES string of the molecule is CCCCNC(=O)C(C1CCCCC1)C(CC(O)CC)C(C)C. The summed E-state index contributed by atoms with van der Waals surface area (Å²) in [6, 6.07) is 0. The van der Waals surface area contributed by atoms with Crippen LogP contribution in [0.1, 0.15) is 85.5 Å². The van der Waals surface area contributed by atoms with E-state index >= 15 is 0 Å². The van der Waals surface area contributed by atoms with Gasteiger partial charge in [0.2, 0.25) is 5.91 Å². The Balaban J connectivity index is 2.86. The van der Waals surface area contributed by atoms with Crippen LogP contribution in [0.15, 0.2) is 0 Å². The molecular weight excluding hydrogens is 286 g/mol. The minimum absolute atomic E-state index is 0.0772. The third-order valence-corrected chi connectivity index (χ3v) is 5.62. The highest BCUT2D eigenvalue weighted by atomic mass is 16.3. The van der Waals surface area contributed by atoms with Crippen molar-refractivity contribution in [3.63, 3.8) is 0 Å². The maximum atomic E-state index is 12.9. The lowest BCUT2D eigenvalue weighted by atomic mass is 9.68. The fourth-order valence-corrected chi connectivity index (χ4v) is 4.07. The number of carbonyl (C=O) groups excluding carboxylic acids is 1. The number of carbonyl (C=O) groups is 1. The van der Waals surface area contributed by atoms with Crippen LogP contribution in [0.5, 0.6) is 0 Å². The highest BCUT2D eigenvalue weighted by molar-refractivity contribution is 5.79. The van der Waals surface area contributed by atoms with Crippen molar-refractivity contribution in [1.29, 1.82) is 0 Å². The molecule has 1 saturated carbocycles. The van der Waals surface area contributed by atoms with Crippen molar-refractivity contribution < 1.29 is 9.90 Å². The zero-order valence-corrected chi connectivity index (χ0v) is 15.8. The molecule has 1 aliphatic carbocycles. The molecule has 3 heteroatoms. The van der Waals surface area contributed by atoms with Gasteiger partial charge >= 0.3 is 0 Å². The predicted octanol–water partition coefficient (Wildman–Crippen LogP) is 4.53. The van der Waals surface area contributed by atoms with Crippen LogP contribution in [0.3, 0.4) is 0 Å². The van der Waals surface area contributed by atoms with Crippen molar-refractivity contribution in [3.05, 3.63) is 0 Å². The second-order valence-electron chi connectivity index (χ2n) is 7.77. The summed E-state index contributed by atoms with van der Waals surface area (Å²) in [4.78, 5) is 12.9. The first-order valence-electron chi connectivity index (χ1n) is 9.96. The summed E-state index contributed by atoms with van der Waals surface area (Å²) in [7, 11) is 0. The van der Waals surface area contributed by atoms with Gasteiger partial charge in [0.15, 0.2) is 0 Å². The number of hydrogen-bond acceptors (Lipinski definition) is 2. The average Bonchev–Trinajstić information content (AvgIpc) is 2.55. The Hall–Kier alpha value is -0.570. The highest BCUT2D eigenvalue weighted by Crippen LogP contribution is 2.39. The van der Waals surface area contributed by atoms with Gasteiger partial charge in [-0.3, -0.25) is 4.79 Å². The third-order valence-electron chi connectivity index (χ3n) is 5.62. The molecule has 136 valence electrons. The average molecular weight is 326 g/mol. The van der Waals surface area contributed by atoms with Crippen LogP contribution in [-0.4, -0.2) is 23.7 Å². The van der Waals surface area contributed by atoms with Crippen LogP contribution in [0.25, 0.3) is 0 Å². The largest absolute Gasteiger partial charge is 0.393 e. The summed E-state index contributed by atoms with van der Waals surface area (Å²) < 4.78 is 0. The van der Waals surface area contributed by atoms with E-state index in [1.165, 1.54) is 32.1 Å². The quantitative estimate of drug-likeness (QED) is 0.580. The number of hydrogen-bond donors (Lipinski definition) is 2. The van der Waals surface area contributed by atoms with Gasteiger partial charge in [-0.05, 0) is 49.9 Å². The zero-order valence-electron chi connectivity index (χ0n) is 15.8. The van der Waals surface area contributed by atoms with Crippen molar-refractivity contribution >= 4 is 5.91 Å². The molecule has 2 N–H and O–H groups in total. The number of rotatable bonds is 10. The molecule has 0 aromatic carbocycles. The molecule has 1 fully saturated rings. The highest BCUT2D eigenvalue weighted by Gasteiger charge is 2.37. The van der Waals surface area contributed by atoms with Crippen LogP contribution in [0, 0.1) is 23.7 Å². The maximum absolute atomic E-state index is 12.9. The Morgan fingerprint density at radius 1 is 1.17 bits per heavy atom. The van der Waals surface area contributed by atoms with Crippen LogP contribution >= 0.6 is 0 Å². The van der Waals surface area contributed by atoms with E-state index < -0.39 is 0 Å². The lowest BCUT2D eigenvalue weighted by molar-refractivity contribution is -0.130. The smallest absolute Gasteiger partial charge is 0.223 e. The van der Waals surface area contributed by atoms with Crippen molar-refractivity contribution in [2.24, 2.45) is 23.7 Å². The van der Waals surface area contributed by atoms with Crippen LogP contribution in [0.2, 0.25) is 0 Å². The number of nitrogens with one attached hydrogen (secondary N) is 1. The molecule has 0 heterocycles. The van der Waals surface area contributed by atoms with Gasteiger partial charge in [-0.2, -0.15) is 0 Å². The molecular formula is C20H39NO2. The van der Waals surface area contributed by atoms with Crippen molar-refractivity contribution in [1.82, 2.24) is 5.32 Å². The monoisotopic (exact) mass is 325 g/mol. The molecule has 0 aliphatic heterocycles. The Kier molecular flexibility index (Phi) is 9.85. The standard InChI is InChI=1S/C20H39NO2/c1-5-7-13-21-20(23)19(16-11-9-8-10-12-16)18(15(3)4)14-17(22)6-2/h15-19,22H,5-14H2,1-4H3,(H,21,23). The molecule has 0 bridgehead atoms. The van der Waals surface area contributed by atoms with E-state index in [0.29, 0.717) is 11.8 Å². The fraction of sp³-hybridized carbons (Fsp3) is 0.950. The molecule has 0 saturated heterocycles. The van der Waals surface area contributed by atoms with Gasteiger partial charge in [-0.1, -0.05) is 53.4 Å². The van der Waals surface area contributed by atoms with Gasteiger partial charge in [-0.15, -0.1) is 0 Å². The van der Waals surface area contributed by atoms with E-state index in [2.05, 4.69) is 26.1 Å². The molecule has 1 rings (SSSR count). The normalized spacial score (nSPS) is 20.3. The van der Waals surface area contributed by atoms with E-state index in [1.807, 2.05) is 6.92 Å². The molecule has 0 radical (unpaired) electrons. The Labute approximate surface area is 143 Å². The molecule has 23 heavy (non-hydrogen) atoms. The molecule has 0 spiro atoms. The first-order chi connectivity index (χ1) is 11.0. The summed E-state index contributed by atoms with van der Waals surface area (Å²) in [5.74, 6) is 1.54. The second kappa shape index (κ2) is 11.1. The van der Waals surface area contributed by atoms with Crippen LogP contribution < -0.4 is 5.32 Å². The molecule has 3 atom stereocenters. The summed E-state index contributed by atoms with van der Waals surface area (Å²) in [5, 5.41) is 13.4. The first kappa shape index (κ1) is 20.5. The summed E-state index contributed by atoms with van der Waals surface area (Å²) >= 11 is 0. The molecule has 1 amide bonds. The zero-order chi connectivity index (χ0) is 17.2. The molecule has 1 aliphatic rings. The third kappa shape index (κ3) is 6.82. The van der Waals surface area contributed by atoms with Gasteiger partial charge in [0.25, 0.3) is 0 Å². The number of aliphatic hydroxyl groups excluding tert-OH is 1. The predicted molar refractivity (Wildman–Crippen MR) is 97.2 cm³/mol. The van der Waals surface area contributed by atoms with Gasteiger partial charge in [0.1, 0.15) is 0 Å². The van der Waals surface area contributed by atoms with Crippen molar-refractivity contribution in [2.45, 2.75) is 91.6 Å². The lowest BCUT2D eigenvalue weighted by Crippen LogP contribution is -2.43.